The SMILES string of the molecule is Cc1ccc(S(=O)(=O)N(CC(=O)N/N=C\c2cc(C)n(-c3ccc(C)c(C)c3)c2C)c2ccc(C(C)C)cc2)cc1. The van der Waals surface area contributed by atoms with Crippen molar-refractivity contribution in [1.82, 2.24) is 9.99 Å². The fourth-order valence-electron chi connectivity index (χ4n) is 4.70. The maximum absolute atomic E-state index is 13.7. The molecule has 0 radical (unpaired) electrons. The van der Waals surface area contributed by atoms with Crippen molar-refractivity contribution in [3.8, 4) is 5.69 Å². The Kier molecular flexibility index (Phi) is 8.83. The van der Waals surface area contributed by atoms with Gasteiger partial charge in [0, 0.05) is 22.6 Å². The molecule has 0 aliphatic rings. The number of carbonyl (C=O) groups excluding carboxylic acids is 1. The first-order valence-electron chi connectivity index (χ1n) is 13.7. The highest BCUT2D eigenvalue weighted by Gasteiger charge is 2.27. The van der Waals surface area contributed by atoms with Gasteiger partial charge in [0.15, 0.2) is 0 Å². The van der Waals surface area contributed by atoms with Crippen LogP contribution >= 0.6 is 0 Å². The molecule has 0 fully saturated rings. The Morgan fingerprint density at radius 3 is 2.17 bits per heavy atom. The van der Waals surface area contributed by atoms with Gasteiger partial charge in [-0.3, -0.25) is 9.10 Å². The van der Waals surface area contributed by atoms with Crippen LogP contribution in [-0.4, -0.2) is 31.7 Å². The largest absolute Gasteiger partial charge is 0.318 e. The minimum absolute atomic E-state index is 0.117. The van der Waals surface area contributed by atoms with Crippen LogP contribution in [0.4, 0.5) is 5.69 Å². The standard InChI is InChI=1S/C33H38N4O3S/c1-22(2)28-11-14-30(15-12-28)36(41(39,40)32-16-8-23(3)9-17-32)21-33(38)35-34-20-29-19-26(6)37(27(29)7)31-13-10-24(4)25(5)18-31/h8-20,22H,21H2,1-7H3,(H,35,38)/b34-20-. The molecular formula is C33H38N4O3S. The third kappa shape index (κ3) is 6.60. The van der Waals surface area contributed by atoms with E-state index in [0.717, 1.165) is 38.1 Å². The van der Waals surface area contributed by atoms with E-state index in [1.807, 2.05) is 39.0 Å². The Morgan fingerprint density at radius 1 is 0.902 bits per heavy atom. The Hall–Kier alpha value is -4.17. The van der Waals surface area contributed by atoms with Gasteiger partial charge in [-0.15, -0.1) is 0 Å². The molecular weight excluding hydrogens is 532 g/mol. The molecule has 0 unspecified atom stereocenters. The molecule has 0 aliphatic carbocycles. The van der Waals surface area contributed by atoms with Crippen molar-refractivity contribution in [2.45, 2.75) is 59.3 Å². The normalized spacial score (nSPS) is 11.8. The molecule has 1 heterocycles. The number of aromatic nitrogens is 1. The van der Waals surface area contributed by atoms with Gasteiger partial charge in [0.1, 0.15) is 6.54 Å². The van der Waals surface area contributed by atoms with E-state index < -0.39 is 22.5 Å². The number of hydrogen-bond acceptors (Lipinski definition) is 4. The third-order valence-electron chi connectivity index (χ3n) is 7.36. The van der Waals surface area contributed by atoms with Crippen molar-refractivity contribution in [1.29, 1.82) is 0 Å². The van der Waals surface area contributed by atoms with Crippen LogP contribution in [0.2, 0.25) is 0 Å². The first kappa shape index (κ1) is 29.8. The van der Waals surface area contributed by atoms with E-state index in [0.29, 0.717) is 11.6 Å². The Morgan fingerprint density at radius 2 is 1.56 bits per heavy atom. The van der Waals surface area contributed by atoms with Crippen molar-refractivity contribution < 1.29 is 13.2 Å². The number of carbonyl (C=O) groups is 1. The van der Waals surface area contributed by atoms with Crippen molar-refractivity contribution in [2.75, 3.05) is 10.8 Å². The highest BCUT2D eigenvalue weighted by molar-refractivity contribution is 7.92. The van der Waals surface area contributed by atoms with Crippen LogP contribution in [0, 0.1) is 34.6 Å². The van der Waals surface area contributed by atoms with E-state index in [-0.39, 0.29) is 4.90 Å². The van der Waals surface area contributed by atoms with Crippen LogP contribution in [0.1, 0.15) is 59.0 Å². The van der Waals surface area contributed by atoms with Crippen LogP contribution in [0.15, 0.2) is 82.8 Å². The monoisotopic (exact) mass is 570 g/mol. The third-order valence-corrected chi connectivity index (χ3v) is 9.14. The number of nitrogens with one attached hydrogen (secondary N) is 1. The second kappa shape index (κ2) is 12.1. The van der Waals surface area contributed by atoms with Crippen molar-refractivity contribution in [3.05, 3.63) is 112 Å². The van der Waals surface area contributed by atoms with Gasteiger partial charge < -0.3 is 4.57 Å². The highest BCUT2D eigenvalue weighted by atomic mass is 32.2. The number of anilines is 1. The Bertz CT molecular complexity index is 1680. The molecule has 1 amide bonds. The van der Waals surface area contributed by atoms with Crippen LogP contribution in [0.3, 0.4) is 0 Å². The summed E-state index contributed by atoms with van der Waals surface area (Å²) in [6.45, 7) is 13.8. The fourth-order valence-corrected chi connectivity index (χ4v) is 6.12. The highest BCUT2D eigenvalue weighted by Crippen LogP contribution is 2.26. The van der Waals surface area contributed by atoms with Gasteiger partial charge in [0.05, 0.1) is 16.8 Å². The molecule has 3 aromatic carbocycles. The van der Waals surface area contributed by atoms with Crippen molar-refractivity contribution in [3.63, 3.8) is 0 Å². The van der Waals surface area contributed by atoms with Crippen molar-refractivity contribution >= 4 is 27.8 Å². The van der Waals surface area contributed by atoms with Gasteiger partial charge >= 0.3 is 0 Å². The lowest BCUT2D eigenvalue weighted by atomic mass is 10.0. The smallest absolute Gasteiger partial charge is 0.264 e. The summed E-state index contributed by atoms with van der Waals surface area (Å²) in [5.41, 5.74) is 11.3. The summed E-state index contributed by atoms with van der Waals surface area (Å²) in [5.74, 6) is -0.256. The lowest BCUT2D eigenvalue weighted by molar-refractivity contribution is -0.119. The quantitative estimate of drug-likeness (QED) is 0.184. The molecule has 0 spiro atoms. The molecule has 1 N–H and O–H groups in total. The zero-order valence-corrected chi connectivity index (χ0v) is 25.6. The van der Waals surface area contributed by atoms with Gasteiger partial charge in [0.25, 0.3) is 15.9 Å². The van der Waals surface area contributed by atoms with E-state index in [1.165, 1.54) is 11.1 Å². The molecule has 0 saturated heterocycles. The minimum Gasteiger partial charge on any atom is -0.318 e. The first-order valence-corrected chi connectivity index (χ1v) is 15.1. The molecule has 8 heteroatoms. The average molecular weight is 571 g/mol. The minimum atomic E-state index is -4.01. The maximum Gasteiger partial charge on any atom is 0.264 e. The van der Waals surface area contributed by atoms with Gasteiger partial charge in [-0.25, -0.2) is 13.8 Å². The number of aryl methyl sites for hydroxylation is 4. The molecule has 214 valence electrons. The number of benzene rings is 3. The summed E-state index contributed by atoms with van der Waals surface area (Å²) in [6.07, 6.45) is 1.59. The van der Waals surface area contributed by atoms with Crippen LogP contribution < -0.4 is 9.73 Å². The van der Waals surface area contributed by atoms with Crippen LogP contribution in [-0.2, 0) is 14.8 Å². The zero-order valence-electron chi connectivity index (χ0n) is 24.8. The van der Waals surface area contributed by atoms with Gasteiger partial charge in [-0.1, -0.05) is 49.7 Å². The first-order chi connectivity index (χ1) is 19.4. The number of amides is 1. The molecule has 0 atom stereocenters. The Labute approximate surface area is 243 Å². The number of sulfonamides is 1. The predicted molar refractivity (Wildman–Crippen MR) is 167 cm³/mol. The van der Waals surface area contributed by atoms with E-state index in [4.69, 9.17) is 0 Å². The second-order valence-electron chi connectivity index (χ2n) is 10.8. The lowest BCUT2D eigenvalue weighted by Crippen LogP contribution is -2.39. The van der Waals surface area contributed by atoms with Crippen molar-refractivity contribution in [2.24, 2.45) is 5.10 Å². The second-order valence-corrected chi connectivity index (χ2v) is 12.7. The summed E-state index contributed by atoms with van der Waals surface area (Å²) in [4.78, 5) is 13.2. The van der Waals surface area contributed by atoms with E-state index in [2.05, 4.69) is 61.0 Å². The van der Waals surface area contributed by atoms with Crippen LogP contribution in [0.25, 0.3) is 5.69 Å². The summed E-state index contributed by atoms with van der Waals surface area (Å²) in [7, 11) is -4.01. The molecule has 0 aliphatic heterocycles. The maximum atomic E-state index is 13.7. The summed E-state index contributed by atoms with van der Waals surface area (Å²) >= 11 is 0. The van der Waals surface area contributed by atoms with Gasteiger partial charge in [-0.05, 0) is 99.7 Å². The summed E-state index contributed by atoms with van der Waals surface area (Å²) in [5, 5.41) is 4.17. The number of hydrazone groups is 1. The average Bonchev–Trinajstić information content (AvgIpc) is 3.21. The molecule has 0 bridgehead atoms. The summed E-state index contributed by atoms with van der Waals surface area (Å²) < 4.78 is 30.6. The topological polar surface area (TPSA) is 83.8 Å². The molecule has 1 aromatic heterocycles. The molecule has 4 aromatic rings. The van der Waals surface area contributed by atoms with Gasteiger partial charge in [-0.2, -0.15) is 5.10 Å². The zero-order chi connectivity index (χ0) is 29.9. The molecule has 4 rings (SSSR count). The van der Waals surface area contributed by atoms with E-state index in [9.17, 15) is 13.2 Å². The summed E-state index contributed by atoms with van der Waals surface area (Å²) in [6, 6.07) is 22.2. The lowest BCUT2D eigenvalue weighted by Gasteiger charge is -2.24. The Balaban J connectivity index is 1.56. The molecule has 0 saturated carbocycles. The van der Waals surface area contributed by atoms with Crippen LogP contribution in [0.5, 0.6) is 0 Å². The number of rotatable bonds is 9. The van der Waals surface area contributed by atoms with Gasteiger partial charge in [0.2, 0.25) is 0 Å². The number of hydrogen-bond donors (Lipinski definition) is 1. The molecule has 41 heavy (non-hydrogen) atoms. The van der Waals surface area contributed by atoms with E-state index in [1.54, 1.807) is 42.6 Å². The predicted octanol–water partition coefficient (Wildman–Crippen LogP) is 6.49. The number of nitrogens with zero attached hydrogens (tertiary/aromatic N) is 3. The fraction of sp³-hybridized carbons (Fsp3) is 0.273. The van der Waals surface area contributed by atoms with E-state index >= 15 is 0 Å². The molecule has 7 nitrogen and oxygen atoms in total.